The number of hydrogen-bond acceptors (Lipinski definition) is 6. The van der Waals surface area contributed by atoms with Crippen molar-refractivity contribution >= 4 is 61.8 Å². The maximum absolute atomic E-state index is 12.2. The summed E-state index contributed by atoms with van der Waals surface area (Å²) in [7, 11) is -3.98. The van der Waals surface area contributed by atoms with Gasteiger partial charge in [-0.25, -0.2) is 13.1 Å². The predicted molar refractivity (Wildman–Crippen MR) is 103 cm³/mol. The first-order valence-corrected chi connectivity index (χ1v) is 10.7. The first-order chi connectivity index (χ1) is 12.3. The number of thiophene rings is 2. The SMILES string of the molecule is O=C(NS(=O)(=O)c1ccc(Cl)s1)c1ccc(NC(=O)c2cccs2)cc1. The molecule has 2 amide bonds. The van der Waals surface area contributed by atoms with Crippen molar-refractivity contribution in [2.45, 2.75) is 4.21 Å². The minimum atomic E-state index is -3.98. The number of carbonyl (C=O) groups excluding carboxylic acids is 2. The highest BCUT2D eigenvalue weighted by Crippen LogP contribution is 2.25. The normalized spacial score (nSPS) is 11.1. The summed E-state index contributed by atoms with van der Waals surface area (Å²) in [6.45, 7) is 0. The van der Waals surface area contributed by atoms with Gasteiger partial charge in [0, 0.05) is 11.3 Å². The number of amides is 2. The zero-order chi connectivity index (χ0) is 18.7. The van der Waals surface area contributed by atoms with Crippen molar-refractivity contribution in [2.24, 2.45) is 0 Å². The third kappa shape index (κ3) is 4.31. The average Bonchev–Trinajstić information content (AvgIpc) is 3.26. The molecule has 0 spiro atoms. The summed E-state index contributed by atoms with van der Waals surface area (Å²) in [5.41, 5.74) is 0.637. The van der Waals surface area contributed by atoms with E-state index in [4.69, 9.17) is 11.6 Å². The van der Waals surface area contributed by atoms with Crippen molar-refractivity contribution in [2.75, 3.05) is 5.32 Å². The highest BCUT2D eigenvalue weighted by atomic mass is 35.5. The minimum Gasteiger partial charge on any atom is -0.321 e. The topological polar surface area (TPSA) is 92.3 Å². The predicted octanol–water partition coefficient (Wildman–Crippen LogP) is 3.83. The van der Waals surface area contributed by atoms with E-state index in [-0.39, 0.29) is 15.7 Å². The van der Waals surface area contributed by atoms with Gasteiger partial charge in [0.25, 0.3) is 21.8 Å². The first kappa shape index (κ1) is 18.6. The minimum absolute atomic E-state index is 0.0457. The van der Waals surface area contributed by atoms with Crippen LogP contribution in [0.5, 0.6) is 0 Å². The summed E-state index contributed by atoms with van der Waals surface area (Å²) in [5, 5.41) is 4.49. The van der Waals surface area contributed by atoms with E-state index in [1.165, 1.54) is 47.7 Å². The Morgan fingerprint density at radius 1 is 0.962 bits per heavy atom. The molecular formula is C16H11ClN2O4S3. The standard InChI is InChI=1S/C16H11ClN2O4S3/c17-13-7-8-14(25-13)26(22,23)19-15(20)10-3-5-11(6-4-10)18-16(21)12-2-1-9-24-12/h1-9H,(H,18,21)(H,19,20). The van der Waals surface area contributed by atoms with Gasteiger partial charge in [0.05, 0.1) is 9.21 Å². The molecule has 0 radical (unpaired) electrons. The summed E-state index contributed by atoms with van der Waals surface area (Å²) in [4.78, 5) is 24.7. The zero-order valence-corrected chi connectivity index (χ0v) is 16.1. The van der Waals surface area contributed by atoms with Crippen LogP contribution in [0.2, 0.25) is 4.34 Å². The maximum atomic E-state index is 12.2. The van der Waals surface area contributed by atoms with Gasteiger partial charge in [-0.2, -0.15) is 0 Å². The third-order valence-electron chi connectivity index (χ3n) is 3.19. The highest BCUT2D eigenvalue weighted by molar-refractivity contribution is 7.92. The molecule has 3 aromatic rings. The van der Waals surface area contributed by atoms with Crippen LogP contribution in [0, 0.1) is 0 Å². The van der Waals surface area contributed by atoms with Crippen LogP contribution >= 0.6 is 34.3 Å². The fourth-order valence-electron chi connectivity index (χ4n) is 1.98. The lowest BCUT2D eigenvalue weighted by atomic mass is 10.2. The van der Waals surface area contributed by atoms with Crippen LogP contribution in [0.3, 0.4) is 0 Å². The highest BCUT2D eigenvalue weighted by Gasteiger charge is 2.20. The summed E-state index contributed by atoms with van der Waals surface area (Å²) < 4.78 is 26.5. The molecule has 0 unspecified atom stereocenters. The van der Waals surface area contributed by atoms with E-state index < -0.39 is 15.9 Å². The van der Waals surface area contributed by atoms with Crippen LogP contribution in [0.15, 0.2) is 58.1 Å². The molecule has 0 atom stereocenters. The summed E-state index contributed by atoms with van der Waals surface area (Å²) in [6.07, 6.45) is 0. The van der Waals surface area contributed by atoms with Crippen molar-refractivity contribution in [1.29, 1.82) is 0 Å². The molecule has 0 aliphatic carbocycles. The second-order valence-electron chi connectivity index (χ2n) is 5.00. The number of carbonyl (C=O) groups is 2. The van der Waals surface area contributed by atoms with Crippen molar-refractivity contribution in [3.05, 3.63) is 68.7 Å². The van der Waals surface area contributed by atoms with Gasteiger partial charge in [-0.1, -0.05) is 17.7 Å². The lowest BCUT2D eigenvalue weighted by molar-refractivity contribution is 0.0980. The van der Waals surface area contributed by atoms with Crippen molar-refractivity contribution in [3.63, 3.8) is 0 Å². The second kappa shape index (κ2) is 7.58. The molecule has 26 heavy (non-hydrogen) atoms. The second-order valence-corrected chi connectivity index (χ2v) is 9.57. The zero-order valence-electron chi connectivity index (χ0n) is 12.9. The number of benzene rings is 1. The molecule has 0 bridgehead atoms. The summed E-state index contributed by atoms with van der Waals surface area (Å²) in [6, 6.07) is 12.1. The van der Waals surface area contributed by atoms with Gasteiger partial charge in [-0.3, -0.25) is 9.59 Å². The molecule has 0 aliphatic heterocycles. The fraction of sp³-hybridized carbons (Fsp3) is 0. The van der Waals surface area contributed by atoms with Crippen LogP contribution in [0.25, 0.3) is 0 Å². The summed E-state index contributed by atoms with van der Waals surface area (Å²) >= 11 is 7.89. The van der Waals surface area contributed by atoms with Gasteiger partial charge in [0.15, 0.2) is 0 Å². The molecule has 0 saturated carbocycles. The van der Waals surface area contributed by atoms with Gasteiger partial charge >= 0.3 is 0 Å². The van der Waals surface area contributed by atoms with E-state index in [1.807, 2.05) is 4.72 Å². The van der Waals surface area contributed by atoms with Crippen molar-refractivity contribution < 1.29 is 18.0 Å². The molecule has 10 heteroatoms. The number of sulfonamides is 1. The van der Waals surface area contributed by atoms with Gasteiger partial charge in [0.2, 0.25) is 0 Å². The Hall–Kier alpha value is -2.20. The average molecular weight is 427 g/mol. The van der Waals surface area contributed by atoms with Crippen LogP contribution in [-0.2, 0) is 10.0 Å². The van der Waals surface area contributed by atoms with Gasteiger partial charge < -0.3 is 5.32 Å². The molecule has 134 valence electrons. The van der Waals surface area contributed by atoms with E-state index in [2.05, 4.69) is 5.32 Å². The monoisotopic (exact) mass is 426 g/mol. The molecule has 0 saturated heterocycles. The number of rotatable bonds is 5. The molecule has 1 aromatic carbocycles. The van der Waals surface area contributed by atoms with Gasteiger partial charge in [-0.05, 0) is 47.8 Å². The Morgan fingerprint density at radius 3 is 2.27 bits per heavy atom. The molecule has 0 aliphatic rings. The molecule has 0 fully saturated rings. The van der Waals surface area contributed by atoms with Crippen LogP contribution < -0.4 is 10.0 Å². The van der Waals surface area contributed by atoms with Crippen LogP contribution in [-0.4, -0.2) is 20.2 Å². The Balaban J connectivity index is 1.68. The van der Waals surface area contributed by atoms with E-state index in [0.29, 0.717) is 14.9 Å². The third-order valence-corrected chi connectivity index (χ3v) is 7.11. The Labute approximate surface area is 162 Å². The number of hydrogen-bond donors (Lipinski definition) is 2. The molecule has 2 N–H and O–H groups in total. The first-order valence-electron chi connectivity index (χ1n) is 7.12. The lowest BCUT2D eigenvalue weighted by Crippen LogP contribution is -2.30. The number of halogens is 1. The molecular weight excluding hydrogens is 416 g/mol. The van der Waals surface area contributed by atoms with E-state index in [9.17, 15) is 18.0 Å². The number of nitrogens with one attached hydrogen (secondary N) is 2. The lowest BCUT2D eigenvalue weighted by Gasteiger charge is -2.07. The molecule has 2 aromatic heterocycles. The van der Waals surface area contributed by atoms with E-state index in [0.717, 1.165) is 11.3 Å². The fourth-order valence-corrected chi connectivity index (χ4v) is 5.05. The molecule has 6 nitrogen and oxygen atoms in total. The van der Waals surface area contributed by atoms with E-state index >= 15 is 0 Å². The van der Waals surface area contributed by atoms with Crippen molar-refractivity contribution in [3.8, 4) is 0 Å². The quantitative estimate of drug-likeness (QED) is 0.648. The van der Waals surface area contributed by atoms with Crippen LogP contribution in [0.1, 0.15) is 20.0 Å². The number of anilines is 1. The van der Waals surface area contributed by atoms with Crippen molar-refractivity contribution in [1.82, 2.24) is 4.72 Å². The molecule has 3 rings (SSSR count). The smallest absolute Gasteiger partial charge is 0.273 e. The van der Waals surface area contributed by atoms with Gasteiger partial charge in [0.1, 0.15) is 4.21 Å². The summed E-state index contributed by atoms with van der Waals surface area (Å²) in [5.74, 6) is -1.03. The Kier molecular flexibility index (Phi) is 5.42. The largest absolute Gasteiger partial charge is 0.321 e. The van der Waals surface area contributed by atoms with E-state index in [1.54, 1.807) is 17.5 Å². The maximum Gasteiger partial charge on any atom is 0.273 e. The van der Waals surface area contributed by atoms with Gasteiger partial charge in [-0.15, -0.1) is 22.7 Å². The Bertz CT molecular complexity index is 1040. The van der Waals surface area contributed by atoms with Crippen LogP contribution in [0.4, 0.5) is 5.69 Å². The molecule has 2 heterocycles. The Morgan fingerprint density at radius 2 is 1.69 bits per heavy atom.